The van der Waals surface area contributed by atoms with Gasteiger partial charge in [-0.2, -0.15) is 0 Å². The van der Waals surface area contributed by atoms with Crippen LogP contribution in [0.1, 0.15) is 36.6 Å². The first kappa shape index (κ1) is 17.9. The molecule has 3 aromatic rings. The number of aromatic amines is 1. The van der Waals surface area contributed by atoms with Crippen molar-refractivity contribution in [1.82, 2.24) is 20.3 Å². The molecule has 0 saturated carbocycles. The summed E-state index contributed by atoms with van der Waals surface area (Å²) >= 11 is 6.14. The van der Waals surface area contributed by atoms with Crippen LogP contribution in [0.15, 0.2) is 36.5 Å². The van der Waals surface area contributed by atoms with Gasteiger partial charge in [-0.15, -0.1) is 0 Å². The number of nitrogens with zero attached hydrogens (tertiary/aromatic N) is 2. The number of nitrogens with one attached hydrogen (secondary N) is 3. The molecular formula is C20H22ClN5O. The predicted octanol–water partition coefficient (Wildman–Crippen LogP) is 3.65. The molecule has 1 amide bonds. The maximum Gasteiger partial charge on any atom is 0.225 e. The van der Waals surface area contributed by atoms with E-state index in [1.165, 1.54) is 5.56 Å². The van der Waals surface area contributed by atoms with E-state index in [4.69, 9.17) is 11.6 Å². The summed E-state index contributed by atoms with van der Waals surface area (Å²) < 4.78 is 0. The second-order valence-corrected chi connectivity index (χ2v) is 7.28. The number of H-pyrrole nitrogens is 1. The SMILES string of the molecule is O=C(CCc1nc2c(Cl)cccc2[nH]1)Nc1ccc(C2CCNCC2)cn1. The van der Waals surface area contributed by atoms with Crippen LogP contribution < -0.4 is 10.6 Å². The Kier molecular flexibility index (Phi) is 5.36. The van der Waals surface area contributed by atoms with E-state index in [0.29, 0.717) is 29.6 Å². The first-order valence-electron chi connectivity index (χ1n) is 9.28. The van der Waals surface area contributed by atoms with Crippen molar-refractivity contribution in [3.05, 3.63) is 52.9 Å². The summed E-state index contributed by atoms with van der Waals surface area (Å²) in [5, 5.41) is 6.83. The summed E-state index contributed by atoms with van der Waals surface area (Å²) in [5.41, 5.74) is 2.87. The van der Waals surface area contributed by atoms with Crippen LogP contribution in [-0.2, 0) is 11.2 Å². The van der Waals surface area contributed by atoms with Gasteiger partial charge in [-0.25, -0.2) is 9.97 Å². The Balaban J connectivity index is 1.32. The number of fused-ring (bicyclic) bond motifs is 1. The highest BCUT2D eigenvalue weighted by Gasteiger charge is 2.15. The van der Waals surface area contributed by atoms with E-state index in [1.807, 2.05) is 24.4 Å². The number of hydrogen-bond acceptors (Lipinski definition) is 4. The fraction of sp³-hybridized carbons (Fsp3) is 0.350. The quantitative estimate of drug-likeness (QED) is 0.628. The van der Waals surface area contributed by atoms with Crippen molar-refractivity contribution in [2.75, 3.05) is 18.4 Å². The van der Waals surface area contributed by atoms with Crippen LogP contribution in [0.4, 0.5) is 5.82 Å². The summed E-state index contributed by atoms with van der Waals surface area (Å²) in [6, 6.07) is 9.56. The van der Waals surface area contributed by atoms with Gasteiger partial charge in [0.15, 0.2) is 0 Å². The lowest BCUT2D eigenvalue weighted by molar-refractivity contribution is -0.116. The topological polar surface area (TPSA) is 82.7 Å². The Hall–Kier alpha value is -2.44. The minimum absolute atomic E-state index is 0.0799. The number of pyridine rings is 1. The van der Waals surface area contributed by atoms with Gasteiger partial charge in [-0.3, -0.25) is 4.79 Å². The van der Waals surface area contributed by atoms with E-state index in [1.54, 1.807) is 6.07 Å². The van der Waals surface area contributed by atoms with Crippen LogP contribution in [0.25, 0.3) is 11.0 Å². The van der Waals surface area contributed by atoms with E-state index in [9.17, 15) is 4.79 Å². The molecule has 0 unspecified atom stereocenters. The standard InChI is InChI=1S/C20H22ClN5O/c21-15-2-1-3-16-20(15)26-18(24-16)6-7-19(27)25-17-5-4-14(12-23-17)13-8-10-22-11-9-13/h1-5,12-13,22H,6-11H2,(H,24,26)(H,23,25,27). The number of carbonyl (C=O) groups excluding carboxylic acids is 1. The molecule has 0 bridgehead atoms. The van der Waals surface area contributed by atoms with Crippen molar-refractivity contribution < 1.29 is 4.79 Å². The lowest BCUT2D eigenvalue weighted by Crippen LogP contribution is -2.26. The number of carbonyl (C=O) groups is 1. The van der Waals surface area contributed by atoms with Gasteiger partial charge in [0, 0.05) is 19.0 Å². The number of halogens is 1. The number of anilines is 1. The molecule has 1 aromatic carbocycles. The zero-order valence-electron chi connectivity index (χ0n) is 15.0. The van der Waals surface area contributed by atoms with Gasteiger partial charge < -0.3 is 15.6 Å². The predicted molar refractivity (Wildman–Crippen MR) is 107 cm³/mol. The Labute approximate surface area is 162 Å². The average Bonchev–Trinajstić information content (AvgIpc) is 3.12. The van der Waals surface area contributed by atoms with Crippen molar-refractivity contribution in [3.8, 4) is 0 Å². The molecule has 3 N–H and O–H groups in total. The number of imidazole rings is 1. The van der Waals surface area contributed by atoms with Crippen LogP contribution in [0.3, 0.4) is 0 Å². The molecule has 2 aromatic heterocycles. The normalized spacial score (nSPS) is 15.1. The molecule has 1 aliphatic heterocycles. The van der Waals surface area contributed by atoms with Gasteiger partial charge >= 0.3 is 0 Å². The highest BCUT2D eigenvalue weighted by Crippen LogP contribution is 2.25. The maximum absolute atomic E-state index is 12.2. The van der Waals surface area contributed by atoms with Crippen LogP contribution in [-0.4, -0.2) is 33.9 Å². The largest absolute Gasteiger partial charge is 0.342 e. The van der Waals surface area contributed by atoms with Gasteiger partial charge in [0.1, 0.15) is 17.2 Å². The third kappa shape index (κ3) is 4.28. The zero-order valence-corrected chi connectivity index (χ0v) is 15.7. The van der Waals surface area contributed by atoms with Gasteiger partial charge in [0.05, 0.1) is 10.5 Å². The van der Waals surface area contributed by atoms with Crippen molar-refractivity contribution in [2.45, 2.75) is 31.6 Å². The smallest absolute Gasteiger partial charge is 0.225 e. The number of rotatable bonds is 5. The third-order valence-electron chi connectivity index (χ3n) is 4.97. The van der Waals surface area contributed by atoms with Crippen LogP contribution in [0, 0.1) is 0 Å². The molecule has 1 saturated heterocycles. The average molecular weight is 384 g/mol. The van der Waals surface area contributed by atoms with Crippen LogP contribution in [0.5, 0.6) is 0 Å². The highest BCUT2D eigenvalue weighted by atomic mass is 35.5. The van der Waals surface area contributed by atoms with Crippen LogP contribution >= 0.6 is 11.6 Å². The van der Waals surface area contributed by atoms with E-state index in [0.717, 1.165) is 42.8 Å². The Morgan fingerprint density at radius 2 is 2.07 bits per heavy atom. The molecule has 140 valence electrons. The van der Waals surface area contributed by atoms with E-state index in [2.05, 4.69) is 31.7 Å². The van der Waals surface area contributed by atoms with E-state index < -0.39 is 0 Å². The molecular weight excluding hydrogens is 362 g/mol. The number of amides is 1. The molecule has 1 aliphatic rings. The van der Waals surface area contributed by atoms with Gasteiger partial charge in [-0.1, -0.05) is 23.7 Å². The van der Waals surface area contributed by atoms with Crippen molar-refractivity contribution in [1.29, 1.82) is 0 Å². The highest BCUT2D eigenvalue weighted by molar-refractivity contribution is 6.34. The molecule has 6 nitrogen and oxygen atoms in total. The number of para-hydroxylation sites is 1. The minimum Gasteiger partial charge on any atom is -0.342 e. The lowest BCUT2D eigenvalue weighted by Gasteiger charge is -2.22. The lowest BCUT2D eigenvalue weighted by atomic mass is 9.91. The Morgan fingerprint density at radius 1 is 1.22 bits per heavy atom. The van der Waals surface area contributed by atoms with Gasteiger partial charge in [0.2, 0.25) is 5.91 Å². The molecule has 0 atom stereocenters. The third-order valence-corrected chi connectivity index (χ3v) is 5.27. The van der Waals surface area contributed by atoms with Crippen molar-refractivity contribution in [2.24, 2.45) is 0 Å². The maximum atomic E-state index is 12.2. The van der Waals surface area contributed by atoms with Gasteiger partial charge in [-0.05, 0) is 55.6 Å². The molecule has 4 rings (SSSR count). The van der Waals surface area contributed by atoms with E-state index in [-0.39, 0.29) is 5.91 Å². The fourth-order valence-corrected chi connectivity index (χ4v) is 3.70. The minimum atomic E-state index is -0.0799. The second kappa shape index (κ2) is 8.06. The molecule has 0 aliphatic carbocycles. The summed E-state index contributed by atoms with van der Waals surface area (Å²) in [7, 11) is 0. The Morgan fingerprint density at radius 3 is 2.81 bits per heavy atom. The summed E-state index contributed by atoms with van der Waals surface area (Å²) in [6.45, 7) is 2.10. The number of benzene rings is 1. The van der Waals surface area contributed by atoms with Gasteiger partial charge in [0.25, 0.3) is 0 Å². The Bertz CT molecular complexity index is 931. The zero-order chi connectivity index (χ0) is 18.6. The summed E-state index contributed by atoms with van der Waals surface area (Å²) in [6.07, 6.45) is 5.00. The van der Waals surface area contributed by atoms with Crippen molar-refractivity contribution in [3.63, 3.8) is 0 Å². The number of aromatic nitrogens is 3. The molecule has 0 radical (unpaired) electrons. The van der Waals surface area contributed by atoms with Crippen molar-refractivity contribution >= 4 is 34.4 Å². The first-order chi connectivity index (χ1) is 13.2. The molecule has 0 spiro atoms. The number of aryl methyl sites for hydroxylation is 1. The number of hydrogen-bond donors (Lipinski definition) is 3. The van der Waals surface area contributed by atoms with E-state index >= 15 is 0 Å². The number of piperidine rings is 1. The van der Waals surface area contributed by atoms with Crippen LogP contribution in [0.2, 0.25) is 5.02 Å². The monoisotopic (exact) mass is 383 g/mol. The summed E-state index contributed by atoms with van der Waals surface area (Å²) in [4.78, 5) is 24.3. The second-order valence-electron chi connectivity index (χ2n) is 6.87. The fourth-order valence-electron chi connectivity index (χ4n) is 3.48. The summed E-state index contributed by atoms with van der Waals surface area (Å²) in [5.74, 6) is 1.82. The molecule has 27 heavy (non-hydrogen) atoms. The molecule has 7 heteroatoms. The first-order valence-corrected chi connectivity index (χ1v) is 9.66. The molecule has 1 fully saturated rings. The molecule has 3 heterocycles.